The standard InChI is InChI=1S/C21H24N2O3/c1-26-18(25)20-9-8-19-7-4-10-23-12-14(16(24)11-19)21(20,17(19)23)13-5-2-3-6-15(13)22-20/h2-3,5-6,14,17,22H,4,7-12H2,1H3/t14?,17-,19+,20+,21-/m0/s1. The van der Waals surface area contributed by atoms with Crippen LogP contribution in [0.1, 0.15) is 37.7 Å². The van der Waals surface area contributed by atoms with Gasteiger partial charge in [-0.2, -0.15) is 0 Å². The lowest BCUT2D eigenvalue weighted by Crippen LogP contribution is -2.75. The fraction of sp³-hybridized carbons (Fsp3) is 0.619. The number of nitrogens with one attached hydrogen (secondary N) is 1. The number of hydrogen-bond donors (Lipinski definition) is 1. The van der Waals surface area contributed by atoms with Gasteiger partial charge in [0, 0.05) is 30.6 Å². The maximum absolute atomic E-state index is 13.4. The first-order chi connectivity index (χ1) is 12.6. The third-order valence-electron chi connectivity index (χ3n) is 8.34. The van der Waals surface area contributed by atoms with E-state index in [4.69, 9.17) is 4.74 Å². The van der Waals surface area contributed by atoms with E-state index in [1.54, 1.807) is 0 Å². The molecule has 3 heterocycles. The fourth-order valence-corrected chi connectivity index (χ4v) is 7.77. The highest BCUT2D eigenvalue weighted by Gasteiger charge is 2.81. The number of hydrogen-bond acceptors (Lipinski definition) is 5. The molecule has 1 aromatic carbocycles. The summed E-state index contributed by atoms with van der Waals surface area (Å²) in [6.07, 6.45) is 4.63. The smallest absolute Gasteiger partial charge is 0.332 e. The van der Waals surface area contributed by atoms with E-state index in [-0.39, 0.29) is 23.3 Å². The Kier molecular flexibility index (Phi) is 2.63. The molecule has 26 heavy (non-hydrogen) atoms. The minimum Gasteiger partial charge on any atom is -0.467 e. The second kappa shape index (κ2) is 4.50. The van der Waals surface area contributed by atoms with Crippen LogP contribution in [0, 0.1) is 11.3 Å². The zero-order valence-corrected chi connectivity index (χ0v) is 15.1. The van der Waals surface area contributed by atoms with E-state index in [9.17, 15) is 9.59 Å². The van der Waals surface area contributed by atoms with Gasteiger partial charge in [-0.25, -0.2) is 4.79 Å². The molecule has 0 amide bonds. The molecule has 6 rings (SSSR count). The first-order valence-electron chi connectivity index (χ1n) is 9.82. The van der Waals surface area contributed by atoms with E-state index in [0.29, 0.717) is 12.2 Å². The van der Waals surface area contributed by atoms with Crippen LogP contribution < -0.4 is 5.32 Å². The van der Waals surface area contributed by atoms with Crippen LogP contribution >= 0.6 is 0 Å². The summed E-state index contributed by atoms with van der Waals surface area (Å²) in [6, 6.07) is 8.52. The summed E-state index contributed by atoms with van der Waals surface area (Å²) in [5.74, 6) is 0.0424. The summed E-state index contributed by atoms with van der Waals surface area (Å²) >= 11 is 0. The summed E-state index contributed by atoms with van der Waals surface area (Å²) in [7, 11) is 1.48. The average Bonchev–Trinajstić information content (AvgIpc) is 3.14. The lowest BCUT2D eigenvalue weighted by Gasteiger charge is -2.63. The van der Waals surface area contributed by atoms with Crippen molar-refractivity contribution in [3.8, 4) is 0 Å². The van der Waals surface area contributed by atoms with Gasteiger partial charge in [0.25, 0.3) is 0 Å². The Morgan fingerprint density at radius 2 is 2.12 bits per heavy atom. The summed E-state index contributed by atoms with van der Waals surface area (Å²) in [5.41, 5.74) is 0.915. The summed E-state index contributed by atoms with van der Waals surface area (Å²) in [5, 5.41) is 3.60. The maximum Gasteiger partial charge on any atom is 0.332 e. The van der Waals surface area contributed by atoms with Crippen molar-refractivity contribution in [3.05, 3.63) is 29.8 Å². The number of para-hydroxylation sites is 1. The van der Waals surface area contributed by atoms with Gasteiger partial charge < -0.3 is 10.1 Å². The molecule has 1 spiro atoms. The number of esters is 1. The molecule has 136 valence electrons. The highest BCUT2D eigenvalue weighted by molar-refractivity contribution is 5.98. The molecule has 4 fully saturated rings. The third-order valence-corrected chi connectivity index (χ3v) is 8.34. The number of carbonyl (C=O) groups excluding carboxylic acids is 2. The molecule has 0 aromatic heterocycles. The predicted molar refractivity (Wildman–Crippen MR) is 95.9 cm³/mol. The van der Waals surface area contributed by atoms with Crippen molar-refractivity contribution in [1.82, 2.24) is 4.90 Å². The Morgan fingerprint density at radius 3 is 2.96 bits per heavy atom. The van der Waals surface area contributed by atoms with Crippen LogP contribution in [0.2, 0.25) is 0 Å². The van der Waals surface area contributed by atoms with Crippen LogP contribution in [-0.2, 0) is 19.7 Å². The molecule has 5 nitrogen and oxygen atoms in total. The zero-order valence-electron chi connectivity index (χ0n) is 15.1. The second-order valence-corrected chi connectivity index (χ2v) is 9.00. The Morgan fingerprint density at radius 1 is 1.27 bits per heavy atom. The number of fused-ring (bicyclic) bond motifs is 1. The molecule has 0 radical (unpaired) electrons. The number of carbonyl (C=O) groups is 2. The van der Waals surface area contributed by atoms with Gasteiger partial charge in [0.15, 0.2) is 0 Å². The van der Waals surface area contributed by atoms with Crippen LogP contribution in [0.3, 0.4) is 0 Å². The Balaban J connectivity index is 1.71. The number of nitrogens with zero attached hydrogens (tertiary/aromatic N) is 1. The first kappa shape index (κ1) is 15.2. The van der Waals surface area contributed by atoms with Gasteiger partial charge in [0.05, 0.1) is 12.5 Å². The van der Waals surface area contributed by atoms with Crippen LogP contribution in [0.4, 0.5) is 5.69 Å². The lowest BCUT2D eigenvalue weighted by atomic mass is 9.41. The van der Waals surface area contributed by atoms with Gasteiger partial charge >= 0.3 is 5.97 Å². The van der Waals surface area contributed by atoms with E-state index in [0.717, 1.165) is 44.5 Å². The molecule has 1 N–H and O–H groups in total. The van der Waals surface area contributed by atoms with Crippen LogP contribution in [0.5, 0.6) is 0 Å². The Hall–Kier alpha value is -1.88. The predicted octanol–water partition coefficient (Wildman–Crippen LogP) is 2.11. The highest BCUT2D eigenvalue weighted by atomic mass is 16.5. The number of rotatable bonds is 1. The number of ether oxygens (including phenoxy) is 1. The minimum atomic E-state index is -0.813. The molecule has 5 heteroatoms. The molecule has 2 saturated heterocycles. The Labute approximate surface area is 153 Å². The molecule has 4 bridgehead atoms. The van der Waals surface area contributed by atoms with Crippen molar-refractivity contribution in [2.75, 3.05) is 25.5 Å². The van der Waals surface area contributed by atoms with Gasteiger partial charge in [-0.3, -0.25) is 9.69 Å². The molecule has 1 aromatic rings. The molecule has 5 atom stereocenters. The maximum atomic E-state index is 13.4. The van der Waals surface area contributed by atoms with E-state index in [2.05, 4.69) is 22.3 Å². The molecule has 3 aliphatic heterocycles. The summed E-state index contributed by atoms with van der Waals surface area (Å²) in [4.78, 5) is 29.2. The first-order valence-corrected chi connectivity index (χ1v) is 9.82. The normalized spacial score (nSPS) is 44.9. The van der Waals surface area contributed by atoms with Crippen molar-refractivity contribution in [2.45, 2.75) is 49.1 Å². The molecule has 1 unspecified atom stereocenters. The quantitative estimate of drug-likeness (QED) is 0.785. The van der Waals surface area contributed by atoms with Crippen molar-refractivity contribution in [3.63, 3.8) is 0 Å². The number of Topliss-reactive ketones (excluding diaryl/α,β-unsaturated/α-hetero) is 1. The molecule has 2 aliphatic carbocycles. The third kappa shape index (κ3) is 1.33. The van der Waals surface area contributed by atoms with Crippen LogP contribution in [0.15, 0.2) is 24.3 Å². The summed E-state index contributed by atoms with van der Waals surface area (Å²) in [6.45, 7) is 1.83. The lowest BCUT2D eigenvalue weighted by molar-refractivity contribution is -0.163. The highest BCUT2D eigenvalue weighted by Crippen LogP contribution is 2.72. The van der Waals surface area contributed by atoms with Crippen molar-refractivity contribution < 1.29 is 14.3 Å². The SMILES string of the molecule is COC(=O)[C@]12CC[C@]34CCCN5CC(C(=O)C3)[C@@]1(c1ccccc1N2)[C@@H]54. The van der Waals surface area contributed by atoms with Gasteiger partial charge in [-0.1, -0.05) is 18.2 Å². The molecular formula is C21H24N2O3. The fourth-order valence-electron chi connectivity index (χ4n) is 7.77. The topological polar surface area (TPSA) is 58.6 Å². The van der Waals surface area contributed by atoms with E-state index in [1.165, 1.54) is 12.7 Å². The number of methoxy groups -OCH3 is 1. The minimum absolute atomic E-state index is 0.0268. The van der Waals surface area contributed by atoms with Crippen molar-refractivity contribution >= 4 is 17.4 Å². The molecule has 2 saturated carbocycles. The number of benzene rings is 1. The molecule has 5 aliphatic rings. The van der Waals surface area contributed by atoms with Gasteiger partial charge in [0.1, 0.15) is 11.3 Å². The van der Waals surface area contributed by atoms with Crippen LogP contribution in [-0.4, -0.2) is 48.4 Å². The second-order valence-electron chi connectivity index (χ2n) is 9.00. The van der Waals surface area contributed by atoms with Crippen LogP contribution in [0.25, 0.3) is 0 Å². The monoisotopic (exact) mass is 352 g/mol. The van der Waals surface area contributed by atoms with Gasteiger partial charge in [0.2, 0.25) is 0 Å². The van der Waals surface area contributed by atoms with Gasteiger partial charge in [-0.05, 0) is 49.3 Å². The summed E-state index contributed by atoms with van der Waals surface area (Å²) < 4.78 is 5.36. The van der Waals surface area contributed by atoms with Gasteiger partial charge in [-0.15, -0.1) is 0 Å². The average molecular weight is 352 g/mol. The largest absolute Gasteiger partial charge is 0.467 e. The van der Waals surface area contributed by atoms with Crippen molar-refractivity contribution in [2.24, 2.45) is 11.3 Å². The van der Waals surface area contributed by atoms with E-state index < -0.39 is 11.0 Å². The van der Waals surface area contributed by atoms with Crippen molar-refractivity contribution in [1.29, 1.82) is 0 Å². The Bertz CT molecular complexity index is 853. The van der Waals surface area contributed by atoms with E-state index >= 15 is 0 Å². The zero-order chi connectivity index (χ0) is 17.7. The number of ketones is 1. The molecular weight excluding hydrogens is 328 g/mol. The number of anilines is 1. The van der Waals surface area contributed by atoms with E-state index in [1.807, 2.05) is 12.1 Å². The number of piperidine rings is 1.